The maximum absolute atomic E-state index is 16.0. The third-order valence-electron chi connectivity index (χ3n) is 14.7. The van der Waals surface area contributed by atoms with Gasteiger partial charge in [0.1, 0.15) is 23.4 Å². The Balaban J connectivity index is 0.680. The van der Waals surface area contributed by atoms with Crippen LogP contribution in [0.1, 0.15) is 71.9 Å². The van der Waals surface area contributed by atoms with E-state index in [1.807, 2.05) is 33.7 Å². The van der Waals surface area contributed by atoms with Gasteiger partial charge in [-0.05, 0) is 67.5 Å². The number of likely N-dealkylation sites (tertiary alicyclic amines) is 1. The molecule has 2 atom stereocenters. The maximum Gasteiger partial charge on any atom is 0.255 e. The molecule has 0 radical (unpaired) electrons. The number of halogens is 2. The lowest BCUT2D eigenvalue weighted by molar-refractivity contribution is -0.151. The summed E-state index contributed by atoms with van der Waals surface area (Å²) >= 11 is 1.27. The van der Waals surface area contributed by atoms with E-state index in [4.69, 9.17) is 4.74 Å². The number of rotatable bonds is 12. The van der Waals surface area contributed by atoms with Crippen LogP contribution in [0.4, 0.5) is 31.0 Å². The van der Waals surface area contributed by atoms with Gasteiger partial charge in [0.25, 0.3) is 11.8 Å². The molecule has 11 rings (SSSR count). The molecule has 358 valence electrons. The van der Waals surface area contributed by atoms with Gasteiger partial charge in [0.05, 0.1) is 49.1 Å². The number of hydrogen-bond acceptors (Lipinski definition) is 13. The van der Waals surface area contributed by atoms with Crippen molar-refractivity contribution >= 4 is 63.1 Å². The molecule has 20 heteroatoms. The van der Waals surface area contributed by atoms with Crippen molar-refractivity contribution < 1.29 is 42.6 Å². The van der Waals surface area contributed by atoms with Gasteiger partial charge in [-0.1, -0.05) is 12.1 Å². The van der Waals surface area contributed by atoms with Gasteiger partial charge < -0.3 is 39.3 Å². The Labute approximate surface area is 399 Å². The van der Waals surface area contributed by atoms with Crippen LogP contribution in [0.3, 0.4) is 0 Å². The number of hydrogen-bond donors (Lipinski definition) is 4. The number of methoxy groups -OCH3 is 1. The zero-order valence-electron chi connectivity index (χ0n) is 37.8. The summed E-state index contributed by atoms with van der Waals surface area (Å²) in [6, 6.07) is 11.9. The number of amides is 5. The Bertz CT molecular complexity index is 2890. The molecule has 1 spiro atoms. The van der Waals surface area contributed by atoms with E-state index in [2.05, 4.69) is 30.8 Å². The predicted molar refractivity (Wildman–Crippen MR) is 251 cm³/mol. The largest absolute Gasteiger partial charge is 0.495 e. The van der Waals surface area contributed by atoms with E-state index in [0.717, 1.165) is 49.4 Å². The summed E-state index contributed by atoms with van der Waals surface area (Å²) < 4.78 is 39.0. The van der Waals surface area contributed by atoms with E-state index in [9.17, 15) is 29.1 Å². The third kappa shape index (κ3) is 8.21. The number of thiazole rings is 1. The Morgan fingerprint density at radius 1 is 0.957 bits per heavy atom. The molecule has 5 aromatic rings. The number of fused-ring (bicyclic) bond motifs is 2. The number of aryl methyl sites for hydroxylation is 1. The number of carbonyl (C=O) groups excluding carboxylic acids is 5. The van der Waals surface area contributed by atoms with E-state index < -0.39 is 47.0 Å². The molecule has 5 amide bonds. The van der Waals surface area contributed by atoms with E-state index >= 15 is 8.78 Å². The van der Waals surface area contributed by atoms with Crippen molar-refractivity contribution in [2.45, 2.75) is 75.7 Å². The Hall–Kier alpha value is -6.93. The summed E-state index contributed by atoms with van der Waals surface area (Å²) in [6.07, 6.45) is 5.88. The normalized spacial score (nSPS) is 20.5. The number of piperidine rings is 2. The van der Waals surface area contributed by atoms with Crippen LogP contribution in [0.25, 0.3) is 11.1 Å². The fourth-order valence-electron chi connectivity index (χ4n) is 10.9. The maximum atomic E-state index is 16.0. The van der Waals surface area contributed by atoms with Crippen molar-refractivity contribution in [1.82, 2.24) is 29.7 Å². The highest BCUT2D eigenvalue weighted by Gasteiger charge is 2.54. The van der Waals surface area contributed by atoms with Gasteiger partial charge in [-0.3, -0.25) is 34.6 Å². The topological polar surface area (TPSA) is 195 Å². The number of benzene rings is 3. The van der Waals surface area contributed by atoms with Crippen molar-refractivity contribution in [1.29, 1.82) is 0 Å². The zero-order chi connectivity index (χ0) is 47.8. The van der Waals surface area contributed by atoms with Gasteiger partial charge in [-0.2, -0.15) is 0 Å². The highest BCUT2D eigenvalue weighted by molar-refractivity contribution is 7.13. The van der Waals surface area contributed by atoms with E-state index in [-0.39, 0.29) is 67.0 Å². The molecule has 2 aromatic heterocycles. The van der Waals surface area contributed by atoms with E-state index in [0.29, 0.717) is 59.7 Å². The lowest BCUT2D eigenvalue weighted by atomic mass is 9.72. The van der Waals surface area contributed by atoms with E-state index in [1.54, 1.807) is 34.9 Å². The van der Waals surface area contributed by atoms with Gasteiger partial charge in [0, 0.05) is 104 Å². The molecule has 1 unspecified atom stereocenters. The van der Waals surface area contributed by atoms with Crippen LogP contribution >= 0.6 is 11.3 Å². The van der Waals surface area contributed by atoms with Gasteiger partial charge in [-0.25, -0.2) is 18.7 Å². The number of anilines is 4. The molecular weight excluding hydrogens is 911 g/mol. The van der Waals surface area contributed by atoms with Gasteiger partial charge >= 0.3 is 0 Å². The minimum atomic E-state index is -1.23. The average molecular weight is 961 g/mol. The van der Waals surface area contributed by atoms with Crippen molar-refractivity contribution in [3.05, 3.63) is 101 Å². The molecule has 17 nitrogen and oxygen atoms in total. The van der Waals surface area contributed by atoms with Gasteiger partial charge in [-0.15, -0.1) is 11.3 Å². The van der Waals surface area contributed by atoms with Gasteiger partial charge in [0.15, 0.2) is 11.2 Å². The van der Waals surface area contributed by atoms with Gasteiger partial charge in [0.2, 0.25) is 17.7 Å². The van der Waals surface area contributed by atoms with Crippen LogP contribution in [0.5, 0.6) is 5.75 Å². The second kappa shape index (κ2) is 17.2. The molecule has 4 N–H and O–H groups in total. The van der Waals surface area contributed by atoms with Crippen molar-refractivity contribution in [2.24, 2.45) is 5.41 Å². The molecule has 69 heavy (non-hydrogen) atoms. The minimum absolute atomic E-state index is 0.0227. The first kappa shape index (κ1) is 44.6. The molecule has 4 saturated heterocycles. The van der Waals surface area contributed by atoms with Crippen LogP contribution in [0, 0.1) is 17.0 Å². The van der Waals surface area contributed by atoms with Crippen LogP contribution < -0.4 is 30.5 Å². The first-order chi connectivity index (χ1) is 33.3. The Kier molecular flexibility index (Phi) is 11.1. The third-order valence-corrected chi connectivity index (χ3v) is 15.4. The number of aromatic nitrogens is 3. The molecule has 6 aliphatic heterocycles. The van der Waals surface area contributed by atoms with Crippen LogP contribution in [0.15, 0.2) is 66.4 Å². The number of nitrogens with zero attached hydrogens (tertiary/aromatic N) is 7. The van der Waals surface area contributed by atoms with Crippen molar-refractivity contribution in [3.8, 4) is 16.9 Å². The number of imide groups is 1. The number of aliphatic hydroxyl groups is 1. The highest BCUT2D eigenvalue weighted by Crippen LogP contribution is 2.44. The summed E-state index contributed by atoms with van der Waals surface area (Å²) in [7, 11) is 1.45. The summed E-state index contributed by atoms with van der Waals surface area (Å²) in [5, 5.41) is 21.8. The monoisotopic (exact) mass is 960 g/mol. The summed E-state index contributed by atoms with van der Waals surface area (Å²) in [5.74, 6) is -2.56. The zero-order valence-corrected chi connectivity index (χ0v) is 38.6. The predicted octanol–water partition coefficient (Wildman–Crippen LogP) is 4.86. The number of imidazole rings is 1. The average Bonchev–Trinajstić information content (AvgIpc) is 4.13. The SMILES string of the molecule is COc1cc(N2CCC(O)(CC(=O)N3CC4(C3)CN(c3ccc(-c5cc(F)c6c(c5)C(=O)N(C(C(=O)Nc5nccs5)c5ncn7c5CCC7)C6)cc3)C4)CC2)c(F)cc1N[C@H]1CCC(=O)NC1=O. The number of ether oxygens (including phenoxy) is 1. The molecule has 6 aliphatic rings. The number of nitrogens with one attached hydrogen (secondary N) is 3. The minimum Gasteiger partial charge on any atom is -0.495 e. The smallest absolute Gasteiger partial charge is 0.255 e. The molecule has 0 bridgehead atoms. The first-order valence-electron chi connectivity index (χ1n) is 23.2. The standard InChI is InChI=1S/C49H50F2N10O7S/c1-68-39-20-38(34(51)19-36(39)54-35-8-9-40(62)55-44(35)64)57-14-10-49(67,11-15-57)21-41(63)60-25-48(26-60)23-59(24-48)30-6-4-28(5-7-30)29-17-31-32(33(50)18-29)22-61(46(31)66)43(45(65)56-47-52-12-16-69-47)42-37-3-2-13-58(37)27-53-42/h4-7,12,16-20,27,35,43,54,67H,2-3,8-11,13-15,21-26H2,1H3,(H,52,56,65)(H,55,62,64)/t35-,43?/m0/s1. The lowest BCUT2D eigenvalue weighted by Gasteiger charge is -2.61. The highest BCUT2D eigenvalue weighted by atomic mass is 32.1. The van der Waals surface area contributed by atoms with Crippen molar-refractivity contribution in [3.63, 3.8) is 0 Å². The fourth-order valence-corrected chi connectivity index (χ4v) is 11.5. The summed E-state index contributed by atoms with van der Waals surface area (Å²) in [5.41, 5.74) is 3.41. The van der Waals surface area contributed by atoms with Crippen LogP contribution in [0.2, 0.25) is 0 Å². The fraction of sp³-hybridized carbons (Fsp3) is 0.408. The molecular formula is C49H50F2N10O7S. The molecule has 8 heterocycles. The first-order valence-corrected chi connectivity index (χ1v) is 24.1. The second-order valence-electron chi connectivity index (χ2n) is 19.2. The second-order valence-corrected chi connectivity index (χ2v) is 20.1. The molecule has 4 fully saturated rings. The van der Waals surface area contributed by atoms with Crippen molar-refractivity contribution in [2.75, 3.05) is 66.8 Å². The molecule has 0 saturated carbocycles. The molecule has 3 aromatic carbocycles. The Morgan fingerprint density at radius 2 is 1.74 bits per heavy atom. The number of carbonyl (C=O) groups is 5. The summed E-state index contributed by atoms with van der Waals surface area (Å²) in [4.78, 5) is 81.3. The molecule has 0 aliphatic carbocycles. The quantitative estimate of drug-likeness (QED) is 0.124. The summed E-state index contributed by atoms with van der Waals surface area (Å²) in [6.45, 7) is 4.02. The van der Waals surface area contributed by atoms with Crippen LogP contribution in [-0.4, -0.2) is 117 Å². The van der Waals surface area contributed by atoms with E-state index in [1.165, 1.54) is 35.5 Å². The Morgan fingerprint density at radius 3 is 2.46 bits per heavy atom. The van der Waals surface area contributed by atoms with Crippen LogP contribution in [-0.2, 0) is 38.7 Å². The lowest BCUT2D eigenvalue weighted by Crippen LogP contribution is -2.73.